The summed E-state index contributed by atoms with van der Waals surface area (Å²) in [5.74, 6) is 0. The Morgan fingerprint density at radius 1 is 1.29 bits per heavy atom. The number of carbonyl (C=O) groups excluding carboxylic acids is 1. The molecule has 2 amide bonds. The summed E-state index contributed by atoms with van der Waals surface area (Å²) >= 11 is 0. The van der Waals surface area contributed by atoms with Crippen molar-refractivity contribution in [2.45, 2.75) is 58.4 Å². The van der Waals surface area contributed by atoms with Gasteiger partial charge in [-0.05, 0) is 62.8 Å². The van der Waals surface area contributed by atoms with E-state index in [0.717, 1.165) is 23.9 Å². The maximum Gasteiger partial charge on any atom is 0.317 e. The first-order valence-electron chi connectivity index (χ1n) is 8.82. The smallest absolute Gasteiger partial charge is 0.317 e. The number of fused-ring (bicyclic) bond motifs is 1. The van der Waals surface area contributed by atoms with E-state index in [0.29, 0.717) is 13.1 Å². The van der Waals surface area contributed by atoms with Gasteiger partial charge in [-0.1, -0.05) is 6.07 Å². The van der Waals surface area contributed by atoms with Crippen molar-refractivity contribution in [3.8, 4) is 0 Å². The minimum absolute atomic E-state index is 0.0120. The summed E-state index contributed by atoms with van der Waals surface area (Å²) in [6.45, 7) is 7.46. The van der Waals surface area contributed by atoms with E-state index in [4.69, 9.17) is 4.74 Å². The first-order chi connectivity index (χ1) is 11.5. The van der Waals surface area contributed by atoms with E-state index in [-0.39, 0.29) is 24.3 Å². The minimum Gasteiger partial charge on any atom is -0.375 e. The highest BCUT2D eigenvalue weighted by Crippen LogP contribution is 2.20. The van der Waals surface area contributed by atoms with Crippen LogP contribution in [0.3, 0.4) is 0 Å². The number of rotatable bonds is 4. The van der Waals surface area contributed by atoms with Gasteiger partial charge in [0, 0.05) is 30.8 Å². The Balaban J connectivity index is 1.63. The topological polar surface area (TPSA) is 57.4 Å². The number of nitrogens with one attached hydrogen (secondary N) is 2. The molecule has 2 atom stereocenters. The van der Waals surface area contributed by atoms with Gasteiger partial charge >= 0.3 is 6.03 Å². The molecule has 5 heteroatoms. The Labute approximate surface area is 143 Å². The number of ether oxygens (including phenoxy) is 1. The zero-order chi connectivity index (χ0) is 17.1. The van der Waals surface area contributed by atoms with Gasteiger partial charge in [0.1, 0.15) is 0 Å². The summed E-state index contributed by atoms with van der Waals surface area (Å²) in [5, 5.41) is 4.36. The maximum atomic E-state index is 12.6. The van der Waals surface area contributed by atoms with E-state index in [2.05, 4.69) is 48.4 Å². The molecule has 0 bridgehead atoms. The average Bonchev–Trinajstić information content (AvgIpc) is 2.99. The van der Waals surface area contributed by atoms with Gasteiger partial charge < -0.3 is 19.9 Å². The van der Waals surface area contributed by atoms with Crippen molar-refractivity contribution >= 4 is 16.9 Å². The van der Waals surface area contributed by atoms with E-state index in [1.165, 1.54) is 5.39 Å². The average molecular weight is 329 g/mol. The molecule has 1 aromatic carbocycles. The lowest BCUT2D eigenvalue weighted by Crippen LogP contribution is -2.48. The largest absolute Gasteiger partial charge is 0.375 e. The van der Waals surface area contributed by atoms with Crippen LogP contribution in [-0.4, -0.2) is 40.7 Å². The number of H-pyrrole nitrogens is 1. The Kier molecular flexibility index (Phi) is 5.09. The van der Waals surface area contributed by atoms with Crippen molar-refractivity contribution < 1.29 is 9.53 Å². The van der Waals surface area contributed by atoms with Crippen LogP contribution in [0.1, 0.15) is 39.2 Å². The van der Waals surface area contributed by atoms with Gasteiger partial charge in [-0.3, -0.25) is 0 Å². The number of nitrogens with zero attached hydrogens (tertiary/aromatic N) is 1. The molecule has 1 aliphatic rings. The fourth-order valence-electron chi connectivity index (χ4n) is 3.54. The van der Waals surface area contributed by atoms with Crippen molar-refractivity contribution in [1.82, 2.24) is 15.2 Å². The molecule has 24 heavy (non-hydrogen) atoms. The SMILES string of the molecule is CCN(Cc1ccc2[nH]ccc2c1)C(=O)NC1CC(C)OC(C)C1. The number of urea groups is 1. The van der Waals surface area contributed by atoms with Crippen molar-refractivity contribution in [2.75, 3.05) is 6.54 Å². The van der Waals surface area contributed by atoms with Gasteiger partial charge in [0.05, 0.1) is 12.2 Å². The molecule has 0 saturated carbocycles. The first-order valence-corrected chi connectivity index (χ1v) is 8.82. The van der Waals surface area contributed by atoms with E-state index in [1.807, 2.05) is 18.0 Å². The zero-order valence-corrected chi connectivity index (χ0v) is 14.7. The van der Waals surface area contributed by atoms with Gasteiger partial charge in [-0.15, -0.1) is 0 Å². The lowest BCUT2D eigenvalue weighted by atomic mass is 10.00. The summed E-state index contributed by atoms with van der Waals surface area (Å²) in [6.07, 6.45) is 4.09. The number of aromatic nitrogens is 1. The van der Waals surface area contributed by atoms with Crippen LogP contribution in [0.4, 0.5) is 4.79 Å². The van der Waals surface area contributed by atoms with Gasteiger partial charge in [0.15, 0.2) is 0 Å². The number of benzene rings is 1. The summed E-state index contributed by atoms with van der Waals surface area (Å²) in [6, 6.07) is 8.54. The number of hydrogen-bond acceptors (Lipinski definition) is 2. The van der Waals surface area contributed by atoms with Crippen LogP contribution in [-0.2, 0) is 11.3 Å². The quantitative estimate of drug-likeness (QED) is 0.899. The molecule has 3 rings (SSSR count). The highest BCUT2D eigenvalue weighted by molar-refractivity contribution is 5.80. The second-order valence-electron chi connectivity index (χ2n) is 6.79. The van der Waals surface area contributed by atoms with Crippen LogP contribution < -0.4 is 5.32 Å². The van der Waals surface area contributed by atoms with Crippen LogP contribution in [0.5, 0.6) is 0 Å². The molecule has 2 unspecified atom stereocenters. The Bertz CT molecular complexity index is 687. The van der Waals surface area contributed by atoms with Crippen LogP contribution in [0.15, 0.2) is 30.5 Å². The molecule has 2 aromatic rings. The van der Waals surface area contributed by atoms with Crippen LogP contribution in [0.2, 0.25) is 0 Å². The molecular formula is C19H27N3O2. The normalized spacial score (nSPS) is 24.0. The van der Waals surface area contributed by atoms with Gasteiger partial charge in [0.25, 0.3) is 0 Å². The first kappa shape index (κ1) is 16.8. The predicted octanol–water partition coefficient (Wildman–Crippen LogP) is 3.66. The lowest BCUT2D eigenvalue weighted by molar-refractivity contribution is -0.0407. The maximum absolute atomic E-state index is 12.6. The third-order valence-corrected chi connectivity index (χ3v) is 4.69. The molecule has 130 valence electrons. The Hall–Kier alpha value is -2.01. The van der Waals surface area contributed by atoms with Gasteiger partial charge in [-0.25, -0.2) is 4.79 Å². The number of aromatic amines is 1. The Morgan fingerprint density at radius 2 is 2.04 bits per heavy atom. The fourth-order valence-corrected chi connectivity index (χ4v) is 3.54. The molecule has 1 aliphatic heterocycles. The molecule has 2 N–H and O–H groups in total. The standard InChI is InChI=1S/C19H27N3O2/c1-4-22(12-15-5-6-18-16(11-15)7-8-20-18)19(23)21-17-9-13(2)24-14(3)10-17/h5-8,11,13-14,17,20H,4,9-10,12H2,1-3H3,(H,21,23). The Morgan fingerprint density at radius 3 is 2.75 bits per heavy atom. The molecule has 0 spiro atoms. The van der Waals surface area contributed by atoms with Gasteiger partial charge in [0.2, 0.25) is 0 Å². The second-order valence-corrected chi connectivity index (χ2v) is 6.79. The predicted molar refractivity (Wildman–Crippen MR) is 95.9 cm³/mol. The lowest BCUT2D eigenvalue weighted by Gasteiger charge is -2.34. The van der Waals surface area contributed by atoms with Crippen LogP contribution in [0.25, 0.3) is 10.9 Å². The van der Waals surface area contributed by atoms with Crippen molar-refractivity contribution in [3.05, 3.63) is 36.0 Å². The third kappa shape index (κ3) is 3.90. The van der Waals surface area contributed by atoms with Crippen molar-refractivity contribution in [3.63, 3.8) is 0 Å². The highest BCUT2D eigenvalue weighted by Gasteiger charge is 2.26. The molecular weight excluding hydrogens is 302 g/mol. The fraction of sp³-hybridized carbons (Fsp3) is 0.526. The summed E-state index contributed by atoms with van der Waals surface area (Å²) in [7, 11) is 0. The third-order valence-electron chi connectivity index (χ3n) is 4.69. The van der Waals surface area contributed by atoms with Gasteiger partial charge in [-0.2, -0.15) is 0 Å². The van der Waals surface area contributed by atoms with E-state index >= 15 is 0 Å². The summed E-state index contributed by atoms with van der Waals surface area (Å²) < 4.78 is 5.75. The van der Waals surface area contributed by atoms with Crippen LogP contribution in [0, 0.1) is 0 Å². The zero-order valence-electron chi connectivity index (χ0n) is 14.7. The molecule has 5 nitrogen and oxygen atoms in total. The van der Waals surface area contributed by atoms with Crippen LogP contribution >= 0.6 is 0 Å². The van der Waals surface area contributed by atoms with Crippen molar-refractivity contribution in [1.29, 1.82) is 0 Å². The number of amides is 2. The van der Waals surface area contributed by atoms with E-state index < -0.39 is 0 Å². The van der Waals surface area contributed by atoms with E-state index in [9.17, 15) is 4.79 Å². The van der Waals surface area contributed by atoms with Crippen molar-refractivity contribution in [2.24, 2.45) is 0 Å². The highest BCUT2D eigenvalue weighted by atomic mass is 16.5. The van der Waals surface area contributed by atoms with E-state index in [1.54, 1.807) is 0 Å². The summed E-state index contributed by atoms with van der Waals surface area (Å²) in [5.41, 5.74) is 2.27. The summed E-state index contributed by atoms with van der Waals surface area (Å²) in [4.78, 5) is 17.7. The molecule has 1 aromatic heterocycles. The number of hydrogen-bond donors (Lipinski definition) is 2. The molecule has 2 heterocycles. The minimum atomic E-state index is 0.0120. The second kappa shape index (κ2) is 7.26. The molecule has 0 aliphatic carbocycles. The number of carbonyl (C=O) groups is 1. The molecule has 1 fully saturated rings. The monoisotopic (exact) mass is 329 g/mol. The molecule has 0 radical (unpaired) electrons. The molecule has 1 saturated heterocycles.